The van der Waals surface area contributed by atoms with Gasteiger partial charge in [-0.25, -0.2) is 30.0 Å². The molecule has 7 heteroatoms. The SMILES string of the molecule is CC1(C)C2=NC(=Nc3[c-]c(ccc3)C(C)(C)C3=NC(=Nc4[c-]c1ccc4)N=C3)N=C2.[Pt+2]. The minimum Gasteiger partial charge on any atom is -0.239 e. The molecule has 8 bridgehead atoms. The molecule has 0 spiro atoms. The van der Waals surface area contributed by atoms with Gasteiger partial charge in [-0.15, -0.1) is 23.3 Å². The van der Waals surface area contributed by atoms with Crippen LogP contribution < -0.4 is 0 Å². The molecule has 0 radical (unpaired) electrons. The van der Waals surface area contributed by atoms with Crippen molar-refractivity contribution in [3.63, 3.8) is 0 Å². The first-order valence-corrected chi connectivity index (χ1v) is 9.82. The molecule has 0 fully saturated rings. The number of fused-ring (bicyclic) bond motifs is 6. The molecule has 2 aromatic rings. The van der Waals surface area contributed by atoms with Gasteiger partial charge in [-0.05, 0) is 11.4 Å². The van der Waals surface area contributed by atoms with Gasteiger partial charge in [0, 0.05) is 10.8 Å². The molecule has 0 saturated heterocycles. The summed E-state index contributed by atoms with van der Waals surface area (Å²) in [7, 11) is 0. The molecular weight excluding hydrogens is 567 g/mol. The van der Waals surface area contributed by atoms with E-state index in [1.54, 1.807) is 12.4 Å². The molecule has 0 saturated carbocycles. The van der Waals surface area contributed by atoms with Crippen molar-refractivity contribution in [3.8, 4) is 0 Å². The first-order chi connectivity index (χ1) is 14.3. The number of hydrogen-bond donors (Lipinski definition) is 0. The minimum atomic E-state index is -0.408. The van der Waals surface area contributed by atoms with E-state index < -0.39 is 10.8 Å². The van der Waals surface area contributed by atoms with Crippen molar-refractivity contribution in [3.05, 3.63) is 59.7 Å². The van der Waals surface area contributed by atoms with Crippen molar-refractivity contribution in [1.29, 1.82) is 0 Å². The fourth-order valence-corrected chi connectivity index (χ4v) is 3.54. The van der Waals surface area contributed by atoms with Crippen molar-refractivity contribution in [2.75, 3.05) is 0 Å². The van der Waals surface area contributed by atoms with Crippen molar-refractivity contribution in [1.82, 2.24) is 0 Å². The summed E-state index contributed by atoms with van der Waals surface area (Å²) in [4.78, 5) is 27.4. The number of hydrogen-bond acceptors (Lipinski definition) is 6. The van der Waals surface area contributed by atoms with Crippen LogP contribution in [0.1, 0.15) is 38.8 Å². The molecule has 0 aromatic heterocycles. The van der Waals surface area contributed by atoms with Gasteiger partial charge in [-0.3, -0.25) is 0 Å². The van der Waals surface area contributed by atoms with E-state index in [1.165, 1.54) is 0 Å². The second kappa shape index (κ2) is 7.68. The molecule has 3 heterocycles. The second-order valence-electron chi connectivity index (χ2n) is 8.48. The van der Waals surface area contributed by atoms with Crippen LogP contribution in [0.4, 0.5) is 11.4 Å². The van der Waals surface area contributed by atoms with Crippen LogP contribution in [0.2, 0.25) is 0 Å². The van der Waals surface area contributed by atoms with Crippen molar-refractivity contribution >= 4 is 47.1 Å². The molecular formula is C24H20N6Pt. The third kappa shape index (κ3) is 3.81. The van der Waals surface area contributed by atoms with Crippen LogP contribution in [-0.2, 0) is 31.9 Å². The van der Waals surface area contributed by atoms with E-state index in [0.717, 1.165) is 22.6 Å². The predicted octanol–water partition coefficient (Wildman–Crippen LogP) is 4.58. The fraction of sp³-hybridized carbons (Fsp3) is 0.250. The summed E-state index contributed by atoms with van der Waals surface area (Å²) in [6, 6.07) is 18.5. The third-order valence-electron chi connectivity index (χ3n) is 5.67. The molecule has 0 aliphatic carbocycles. The Morgan fingerprint density at radius 1 is 0.613 bits per heavy atom. The van der Waals surface area contributed by atoms with Gasteiger partial charge in [0.25, 0.3) is 0 Å². The molecule has 6 nitrogen and oxygen atoms in total. The summed E-state index contributed by atoms with van der Waals surface area (Å²) in [5.74, 6) is 0.847. The molecule has 3 aliphatic heterocycles. The van der Waals surface area contributed by atoms with Crippen LogP contribution in [0, 0.1) is 12.1 Å². The summed E-state index contributed by atoms with van der Waals surface area (Å²) >= 11 is 0. The Bertz CT molecular complexity index is 1150. The van der Waals surface area contributed by atoms with Crippen LogP contribution in [-0.4, -0.2) is 35.8 Å². The van der Waals surface area contributed by atoms with Crippen LogP contribution in [0.25, 0.3) is 0 Å². The maximum Gasteiger partial charge on any atom is 2.00 e. The van der Waals surface area contributed by atoms with Crippen LogP contribution >= 0.6 is 0 Å². The normalized spacial score (nSPS) is 19.7. The first kappa shape index (κ1) is 21.4. The van der Waals surface area contributed by atoms with Gasteiger partial charge in [0.15, 0.2) is 0 Å². The standard InChI is InChI=1S/C24H20N6.Pt/c1-23(2)15-7-5-9-17(11-15)27-22-26-14-20(30-22)24(3,4)16-8-6-10-18(12-16)28-21-25-13-19(23)29-21;/h5-10,13-14H,1-4H3;/q-2;+2. The maximum absolute atomic E-state index is 4.68. The first-order valence-electron chi connectivity index (χ1n) is 9.82. The molecule has 0 unspecified atom stereocenters. The van der Waals surface area contributed by atoms with Gasteiger partial charge in [-0.2, -0.15) is 36.4 Å². The zero-order chi connectivity index (χ0) is 20.9. The molecule has 3 aliphatic rings. The van der Waals surface area contributed by atoms with E-state index in [9.17, 15) is 0 Å². The Balaban J connectivity index is 0.00000231. The topological polar surface area (TPSA) is 74.2 Å². The second-order valence-corrected chi connectivity index (χ2v) is 8.48. The van der Waals surface area contributed by atoms with E-state index in [0.29, 0.717) is 23.3 Å². The molecule has 5 rings (SSSR count). The largest absolute Gasteiger partial charge is 2.00 e. The van der Waals surface area contributed by atoms with Crippen LogP contribution in [0.15, 0.2) is 66.4 Å². The third-order valence-corrected chi connectivity index (χ3v) is 5.67. The molecule has 2 aromatic carbocycles. The van der Waals surface area contributed by atoms with Gasteiger partial charge in [0.1, 0.15) is 0 Å². The quantitative estimate of drug-likeness (QED) is 0.405. The summed E-state index contributed by atoms with van der Waals surface area (Å²) in [6.07, 6.45) is 3.54. The summed E-state index contributed by atoms with van der Waals surface area (Å²) in [5.41, 5.74) is 4.12. The van der Waals surface area contributed by atoms with E-state index in [4.69, 9.17) is 0 Å². The number of nitrogens with zero attached hydrogens (tertiary/aromatic N) is 6. The molecule has 0 atom stereocenters. The average Bonchev–Trinajstić information content (AvgIpc) is 3.38. The fourth-order valence-electron chi connectivity index (χ4n) is 3.54. The molecule has 156 valence electrons. The number of guanidine groups is 2. The summed E-state index contributed by atoms with van der Waals surface area (Å²) in [6.45, 7) is 8.36. The van der Waals surface area contributed by atoms with Crippen molar-refractivity contribution in [2.45, 2.75) is 38.5 Å². The van der Waals surface area contributed by atoms with Gasteiger partial charge in [0.05, 0.1) is 23.9 Å². The van der Waals surface area contributed by atoms with Gasteiger partial charge in [-0.1, -0.05) is 27.7 Å². The Morgan fingerprint density at radius 3 is 1.45 bits per heavy atom. The van der Waals surface area contributed by atoms with Crippen molar-refractivity contribution < 1.29 is 21.1 Å². The number of aliphatic imine (C=N–C) groups is 6. The zero-order valence-electron chi connectivity index (χ0n) is 17.6. The van der Waals surface area contributed by atoms with Crippen molar-refractivity contribution in [2.24, 2.45) is 30.0 Å². The molecule has 0 amide bonds. The van der Waals surface area contributed by atoms with E-state index in [-0.39, 0.29) is 21.1 Å². The maximum atomic E-state index is 4.68. The number of rotatable bonds is 0. The van der Waals surface area contributed by atoms with E-state index >= 15 is 0 Å². The van der Waals surface area contributed by atoms with Gasteiger partial charge < -0.3 is 0 Å². The molecule has 31 heavy (non-hydrogen) atoms. The van der Waals surface area contributed by atoms with Crippen LogP contribution in [0.5, 0.6) is 0 Å². The number of benzene rings is 2. The molecule has 0 N–H and O–H groups in total. The Hall–Kier alpha value is -2.85. The average molecular weight is 588 g/mol. The Labute approximate surface area is 196 Å². The smallest absolute Gasteiger partial charge is 0.239 e. The Morgan fingerprint density at radius 2 is 1.03 bits per heavy atom. The minimum absolute atomic E-state index is 0. The van der Waals surface area contributed by atoms with Gasteiger partial charge >= 0.3 is 21.1 Å². The monoisotopic (exact) mass is 587 g/mol. The Kier molecular flexibility index (Phi) is 5.30. The zero-order valence-corrected chi connectivity index (χ0v) is 19.9. The van der Waals surface area contributed by atoms with E-state index in [2.05, 4.69) is 69.8 Å². The van der Waals surface area contributed by atoms with Gasteiger partial charge in [0.2, 0.25) is 11.9 Å². The predicted molar refractivity (Wildman–Crippen MR) is 123 cm³/mol. The van der Waals surface area contributed by atoms with E-state index in [1.807, 2.05) is 36.4 Å². The summed E-state index contributed by atoms with van der Waals surface area (Å²) < 4.78 is 0. The van der Waals surface area contributed by atoms with Crippen LogP contribution in [0.3, 0.4) is 0 Å². The summed E-state index contributed by atoms with van der Waals surface area (Å²) in [5, 5.41) is 0.